The maximum Gasteiger partial charge on any atom is 0.133 e. The topological polar surface area (TPSA) is 71.0 Å². The fraction of sp³-hybridized carbons (Fsp3) is 0.600. The minimum absolute atomic E-state index is 0.198. The average Bonchev–Trinajstić information content (AvgIpc) is 2.85. The van der Waals surface area contributed by atoms with Crippen LogP contribution in [-0.4, -0.2) is 54.8 Å². The number of benzene rings is 1. The zero-order chi connectivity index (χ0) is 15.3. The predicted octanol–water partition coefficient (Wildman–Crippen LogP) is 1.24. The molecule has 2 unspecified atom stereocenters. The van der Waals surface area contributed by atoms with Gasteiger partial charge in [-0.1, -0.05) is 6.07 Å². The van der Waals surface area contributed by atoms with Gasteiger partial charge in [-0.25, -0.2) is 0 Å². The number of aliphatic hydroxyl groups is 2. The zero-order valence-electron chi connectivity index (χ0n) is 12.1. The summed E-state index contributed by atoms with van der Waals surface area (Å²) in [5, 5.41) is 23.0. The number of aliphatic hydroxyl groups excluding tert-OH is 1. The van der Waals surface area contributed by atoms with E-state index in [9.17, 15) is 10.2 Å². The number of nitrogens with one attached hydrogen (secondary N) is 1. The van der Waals surface area contributed by atoms with E-state index in [1.54, 1.807) is 0 Å². The quantitative estimate of drug-likeness (QED) is 0.683. The van der Waals surface area contributed by atoms with E-state index >= 15 is 0 Å². The van der Waals surface area contributed by atoms with Crippen LogP contribution in [0.2, 0.25) is 0 Å². The lowest BCUT2D eigenvalue weighted by Crippen LogP contribution is -2.44. The van der Waals surface area contributed by atoms with Crippen LogP contribution in [0.5, 0.6) is 5.75 Å². The van der Waals surface area contributed by atoms with Gasteiger partial charge in [0.15, 0.2) is 0 Å². The van der Waals surface area contributed by atoms with Gasteiger partial charge in [-0.3, -0.25) is 0 Å². The molecular weight excluding hydrogens is 338 g/mol. The second-order valence-corrected chi connectivity index (χ2v) is 6.41. The van der Waals surface area contributed by atoms with Gasteiger partial charge in [-0.2, -0.15) is 0 Å². The van der Waals surface area contributed by atoms with Gasteiger partial charge in [-0.15, -0.1) is 0 Å². The van der Waals surface area contributed by atoms with Crippen molar-refractivity contribution in [2.45, 2.75) is 25.0 Å². The van der Waals surface area contributed by atoms with Crippen LogP contribution in [0.3, 0.4) is 0 Å². The first-order valence-electron chi connectivity index (χ1n) is 7.06. The first-order valence-corrected chi connectivity index (χ1v) is 7.86. The van der Waals surface area contributed by atoms with E-state index in [1.165, 1.54) is 0 Å². The first-order chi connectivity index (χ1) is 9.98. The lowest BCUT2D eigenvalue weighted by Gasteiger charge is -2.22. The van der Waals surface area contributed by atoms with Crippen LogP contribution in [0.4, 0.5) is 0 Å². The van der Waals surface area contributed by atoms with E-state index in [1.807, 2.05) is 25.1 Å². The number of ether oxygens (including phenoxy) is 2. The Balaban J connectivity index is 1.68. The van der Waals surface area contributed by atoms with Gasteiger partial charge in [0.25, 0.3) is 0 Å². The monoisotopic (exact) mass is 359 g/mol. The van der Waals surface area contributed by atoms with Crippen LogP contribution in [0, 0.1) is 6.92 Å². The standard InChI is InChI=1S/C15H22BrNO4/c1-11-2-3-14(13(16)6-11)21-8-12(18)7-17-9-15(19)4-5-20-10-15/h2-3,6,12,17-19H,4-5,7-10H2,1H3. The van der Waals surface area contributed by atoms with Gasteiger partial charge in [0.1, 0.15) is 24.1 Å². The Kier molecular flexibility index (Phi) is 6.01. The van der Waals surface area contributed by atoms with Gasteiger partial charge >= 0.3 is 0 Å². The van der Waals surface area contributed by atoms with Gasteiger partial charge in [0.2, 0.25) is 0 Å². The molecule has 0 amide bonds. The number of aryl methyl sites for hydroxylation is 1. The molecule has 2 rings (SSSR count). The van der Waals surface area contributed by atoms with Gasteiger partial charge < -0.3 is 25.0 Å². The maximum atomic E-state index is 10.1. The van der Waals surface area contributed by atoms with Crippen molar-refractivity contribution in [2.24, 2.45) is 0 Å². The molecule has 1 heterocycles. The molecule has 0 bridgehead atoms. The molecule has 0 radical (unpaired) electrons. The fourth-order valence-corrected chi connectivity index (χ4v) is 2.78. The molecule has 1 aliphatic rings. The fourth-order valence-electron chi connectivity index (χ4n) is 2.18. The molecule has 0 saturated carbocycles. The van der Waals surface area contributed by atoms with E-state index in [-0.39, 0.29) is 6.61 Å². The van der Waals surface area contributed by atoms with Crippen LogP contribution >= 0.6 is 15.9 Å². The molecule has 1 aliphatic heterocycles. The van der Waals surface area contributed by atoms with E-state index in [0.29, 0.717) is 38.5 Å². The Morgan fingerprint density at radius 1 is 1.52 bits per heavy atom. The van der Waals surface area contributed by atoms with Crippen LogP contribution in [0.15, 0.2) is 22.7 Å². The minimum atomic E-state index is -0.805. The summed E-state index contributed by atoms with van der Waals surface area (Å²) in [6.07, 6.45) is -0.00718. The van der Waals surface area contributed by atoms with Crippen molar-refractivity contribution in [1.29, 1.82) is 0 Å². The molecule has 1 aromatic carbocycles. The third kappa shape index (κ3) is 5.23. The second kappa shape index (κ2) is 7.56. The van der Waals surface area contributed by atoms with Crippen molar-refractivity contribution in [3.05, 3.63) is 28.2 Å². The number of hydrogen-bond acceptors (Lipinski definition) is 5. The lowest BCUT2D eigenvalue weighted by molar-refractivity contribution is 0.0226. The Hall–Kier alpha value is -0.660. The van der Waals surface area contributed by atoms with Crippen LogP contribution in [0.25, 0.3) is 0 Å². The summed E-state index contributed by atoms with van der Waals surface area (Å²) >= 11 is 3.43. The summed E-state index contributed by atoms with van der Waals surface area (Å²) in [6.45, 7) is 3.92. The summed E-state index contributed by atoms with van der Waals surface area (Å²) in [4.78, 5) is 0. The normalized spacial score (nSPS) is 23.2. The van der Waals surface area contributed by atoms with Crippen molar-refractivity contribution >= 4 is 15.9 Å². The molecule has 1 fully saturated rings. The van der Waals surface area contributed by atoms with Crippen molar-refractivity contribution in [1.82, 2.24) is 5.32 Å². The molecule has 1 aromatic rings. The highest BCUT2D eigenvalue weighted by atomic mass is 79.9. The first kappa shape index (κ1) is 16.7. The van der Waals surface area contributed by atoms with Crippen LogP contribution in [0.1, 0.15) is 12.0 Å². The van der Waals surface area contributed by atoms with Gasteiger partial charge in [0, 0.05) is 26.1 Å². The number of halogens is 1. The van der Waals surface area contributed by atoms with E-state index in [0.717, 1.165) is 10.0 Å². The SMILES string of the molecule is Cc1ccc(OCC(O)CNCC2(O)CCOC2)c(Br)c1. The minimum Gasteiger partial charge on any atom is -0.490 e. The summed E-state index contributed by atoms with van der Waals surface area (Å²) in [5.74, 6) is 0.711. The van der Waals surface area contributed by atoms with Crippen molar-refractivity contribution in [2.75, 3.05) is 32.9 Å². The zero-order valence-corrected chi connectivity index (χ0v) is 13.7. The molecule has 2 atom stereocenters. The summed E-state index contributed by atoms with van der Waals surface area (Å²) in [7, 11) is 0. The van der Waals surface area contributed by atoms with Crippen molar-refractivity contribution < 1.29 is 19.7 Å². The van der Waals surface area contributed by atoms with Crippen molar-refractivity contribution in [3.63, 3.8) is 0 Å². The molecule has 6 heteroatoms. The van der Waals surface area contributed by atoms with Gasteiger partial charge in [-0.05, 0) is 40.5 Å². The second-order valence-electron chi connectivity index (χ2n) is 5.56. The summed E-state index contributed by atoms with van der Waals surface area (Å²) in [5.41, 5.74) is 0.337. The molecule has 0 aliphatic carbocycles. The van der Waals surface area contributed by atoms with Gasteiger partial charge in [0.05, 0.1) is 11.1 Å². The largest absolute Gasteiger partial charge is 0.490 e. The van der Waals surface area contributed by atoms with E-state index in [4.69, 9.17) is 9.47 Å². The number of hydrogen-bond donors (Lipinski definition) is 3. The Labute approximate surface area is 133 Å². The highest BCUT2D eigenvalue weighted by molar-refractivity contribution is 9.10. The molecule has 0 aromatic heterocycles. The molecule has 3 N–H and O–H groups in total. The molecule has 118 valence electrons. The predicted molar refractivity (Wildman–Crippen MR) is 83.6 cm³/mol. The smallest absolute Gasteiger partial charge is 0.133 e. The molecule has 5 nitrogen and oxygen atoms in total. The Morgan fingerprint density at radius 2 is 2.33 bits per heavy atom. The molecule has 1 saturated heterocycles. The third-order valence-electron chi connectivity index (χ3n) is 3.44. The van der Waals surface area contributed by atoms with E-state index in [2.05, 4.69) is 21.2 Å². The summed E-state index contributed by atoms with van der Waals surface area (Å²) < 4.78 is 11.6. The third-order valence-corrected chi connectivity index (χ3v) is 4.05. The highest BCUT2D eigenvalue weighted by Crippen LogP contribution is 2.25. The molecule has 0 spiro atoms. The molecule has 21 heavy (non-hydrogen) atoms. The van der Waals surface area contributed by atoms with Crippen LogP contribution < -0.4 is 10.1 Å². The summed E-state index contributed by atoms with van der Waals surface area (Å²) in [6, 6.07) is 5.80. The highest BCUT2D eigenvalue weighted by Gasteiger charge is 2.31. The molecular formula is C15H22BrNO4. The van der Waals surface area contributed by atoms with Crippen LogP contribution in [-0.2, 0) is 4.74 Å². The maximum absolute atomic E-state index is 10.1. The van der Waals surface area contributed by atoms with Crippen molar-refractivity contribution in [3.8, 4) is 5.75 Å². The number of rotatable bonds is 7. The van der Waals surface area contributed by atoms with E-state index < -0.39 is 11.7 Å². The average molecular weight is 360 g/mol. The Morgan fingerprint density at radius 3 is 3.00 bits per heavy atom. The Bertz CT molecular complexity index is 463. The lowest BCUT2D eigenvalue weighted by atomic mass is 10.0.